The van der Waals surface area contributed by atoms with Crippen molar-refractivity contribution in [2.45, 2.75) is 70.1 Å². The van der Waals surface area contributed by atoms with Crippen LogP contribution in [-0.4, -0.2) is 23.6 Å². The molecule has 4 rings (SSSR count). The minimum Gasteiger partial charge on any atom is -0.479 e. The summed E-state index contributed by atoms with van der Waals surface area (Å²) in [7, 11) is 0. The largest absolute Gasteiger partial charge is 0.479 e. The zero-order chi connectivity index (χ0) is 22.2. The Labute approximate surface area is 183 Å². The molecule has 3 atom stereocenters. The number of carbonyl (C=O) groups excluding carboxylic acids is 2. The average Bonchev–Trinajstić information content (AvgIpc) is 2.73. The maximum absolute atomic E-state index is 12.9. The first-order chi connectivity index (χ1) is 14.7. The van der Waals surface area contributed by atoms with Gasteiger partial charge in [-0.2, -0.15) is 0 Å². The smallest absolute Gasteiger partial charge is 0.328 e. The predicted octanol–water partition coefficient (Wildman–Crippen LogP) is 4.24. The number of aryl methyl sites for hydroxylation is 1. The van der Waals surface area contributed by atoms with E-state index in [0.717, 1.165) is 25.7 Å². The molecule has 3 N–H and O–H groups in total. The van der Waals surface area contributed by atoms with Gasteiger partial charge >= 0.3 is 5.97 Å². The molecule has 1 aliphatic heterocycles. The number of esters is 1. The third-order valence-corrected chi connectivity index (χ3v) is 6.16. The molecule has 3 unspecified atom stereocenters. The van der Waals surface area contributed by atoms with Gasteiger partial charge in [0, 0.05) is 0 Å². The van der Waals surface area contributed by atoms with Crippen molar-refractivity contribution in [3.63, 3.8) is 0 Å². The van der Waals surface area contributed by atoms with E-state index in [1.807, 2.05) is 13.8 Å². The summed E-state index contributed by atoms with van der Waals surface area (Å²) in [6.45, 7) is 5.57. The van der Waals surface area contributed by atoms with Crippen molar-refractivity contribution in [2.75, 3.05) is 5.32 Å². The van der Waals surface area contributed by atoms with E-state index in [9.17, 15) is 9.59 Å². The summed E-state index contributed by atoms with van der Waals surface area (Å²) in [6.07, 6.45) is 3.53. The van der Waals surface area contributed by atoms with Gasteiger partial charge in [-0.3, -0.25) is 4.79 Å². The fourth-order valence-corrected chi connectivity index (χ4v) is 4.59. The molecule has 1 heterocycles. The average molecular weight is 423 g/mol. The highest BCUT2D eigenvalue weighted by molar-refractivity contribution is 5.97. The first kappa shape index (κ1) is 21.4. The van der Waals surface area contributed by atoms with Crippen molar-refractivity contribution in [3.05, 3.63) is 59.2 Å². The van der Waals surface area contributed by atoms with E-state index in [1.54, 1.807) is 25.1 Å². The summed E-state index contributed by atoms with van der Waals surface area (Å²) in [4.78, 5) is 24.7. The number of rotatable bonds is 5. The van der Waals surface area contributed by atoms with Crippen molar-refractivity contribution >= 4 is 17.6 Å². The quantitative estimate of drug-likeness (QED) is 0.704. The number of anilines is 1. The van der Waals surface area contributed by atoms with E-state index >= 15 is 0 Å². The summed E-state index contributed by atoms with van der Waals surface area (Å²) < 4.78 is 11.4. The molecule has 6 nitrogen and oxygen atoms in total. The van der Waals surface area contributed by atoms with E-state index in [0.29, 0.717) is 22.9 Å². The lowest BCUT2D eigenvalue weighted by Gasteiger charge is -2.34. The van der Waals surface area contributed by atoms with Gasteiger partial charge in [0.1, 0.15) is 17.4 Å². The van der Waals surface area contributed by atoms with Crippen LogP contribution in [-0.2, 0) is 20.7 Å². The fraction of sp³-hybridized carbons (Fsp3) is 0.440. The Bertz CT molecular complexity index is 1000. The fourth-order valence-electron chi connectivity index (χ4n) is 4.59. The first-order valence-corrected chi connectivity index (χ1v) is 10.9. The molecule has 0 bridgehead atoms. The Morgan fingerprint density at radius 3 is 2.87 bits per heavy atom. The Morgan fingerprint density at radius 2 is 2.06 bits per heavy atom. The van der Waals surface area contributed by atoms with Gasteiger partial charge in [0.05, 0.1) is 5.69 Å². The molecular weight excluding hydrogens is 392 g/mol. The van der Waals surface area contributed by atoms with Crippen LogP contribution >= 0.6 is 0 Å². The molecule has 1 amide bonds. The van der Waals surface area contributed by atoms with E-state index < -0.39 is 23.7 Å². The van der Waals surface area contributed by atoms with Gasteiger partial charge in [-0.25, -0.2) is 4.79 Å². The number of ether oxygens (including phenoxy) is 2. The number of benzene rings is 2. The maximum atomic E-state index is 12.9. The predicted molar refractivity (Wildman–Crippen MR) is 119 cm³/mol. The summed E-state index contributed by atoms with van der Waals surface area (Å²) in [5, 5.41) is 2.78. The lowest BCUT2D eigenvalue weighted by Crippen LogP contribution is -2.36. The molecule has 0 fully saturated rings. The lowest BCUT2D eigenvalue weighted by atomic mass is 9.77. The van der Waals surface area contributed by atoms with Crippen LogP contribution in [0.5, 0.6) is 5.75 Å². The zero-order valence-corrected chi connectivity index (χ0v) is 18.3. The van der Waals surface area contributed by atoms with Crippen LogP contribution in [0.4, 0.5) is 5.69 Å². The number of nitrogens with one attached hydrogen (secondary N) is 1. The summed E-state index contributed by atoms with van der Waals surface area (Å²) in [5.74, 6) is 0.218. The molecule has 0 saturated heterocycles. The van der Waals surface area contributed by atoms with Gasteiger partial charge in [0.2, 0.25) is 0 Å². The Hall–Kier alpha value is -2.86. The Kier molecular flexibility index (Phi) is 5.75. The second kappa shape index (κ2) is 8.35. The van der Waals surface area contributed by atoms with Crippen LogP contribution in [0.15, 0.2) is 42.5 Å². The number of hydrogen-bond donors (Lipinski definition) is 2. The van der Waals surface area contributed by atoms with Gasteiger partial charge < -0.3 is 20.5 Å². The molecule has 2 aliphatic rings. The third-order valence-electron chi connectivity index (χ3n) is 6.16. The normalized spacial score (nSPS) is 21.2. The number of fused-ring (bicyclic) bond motifs is 2. The van der Waals surface area contributed by atoms with E-state index in [1.165, 1.54) is 11.1 Å². The molecule has 0 spiro atoms. The van der Waals surface area contributed by atoms with Crippen LogP contribution in [0.25, 0.3) is 0 Å². The summed E-state index contributed by atoms with van der Waals surface area (Å²) >= 11 is 0. The van der Waals surface area contributed by atoms with Crippen LogP contribution in [0.2, 0.25) is 0 Å². The molecule has 0 aromatic heterocycles. The van der Waals surface area contributed by atoms with E-state index in [-0.39, 0.29) is 5.91 Å². The molecule has 0 radical (unpaired) electrons. The SMILES string of the molecule is CC1Oc2ccc(C(N)C(=O)OC(C)(C)CC3CCCc4ccccc43)cc2NC1=O. The monoisotopic (exact) mass is 422 g/mol. The van der Waals surface area contributed by atoms with E-state index in [4.69, 9.17) is 15.2 Å². The molecular formula is C25H30N2O4. The highest BCUT2D eigenvalue weighted by Gasteiger charge is 2.33. The lowest BCUT2D eigenvalue weighted by molar-refractivity contribution is -0.159. The molecule has 2 aromatic carbocycles. The molecule has 31 heavy (non-hydrogen) atoms. The number of carbonyl (C=O) groups is 2. The van der Waals surface area contributed by atoms with Crippen molar-refractivity contribution in [1.29, 1.82) is 0 Å². The molecule has 164 valence electrons. The minimum absolute atomic E-state index is 0.227. The summed E-state index contributed by atoms with van der Waals surface area (Å²) in [6, 6.07) is 12.7. The highest BCUT2D eigenvalue weighted by Crippen LogP contribution is 2.38. The number of hydrogen-bond acceptors (Lipinski definition) is 5. The van der Waals surface area contributed by atoms with Gasteiger partial charge in [-0.1, -0.05) is 30.3 Å². The van der Waals surface area contributed by atoms with Crippen molar-refractivity contribution in [3.8, 4) is 5.75 Å². The third kappa shape index (κ3) is 4.59. The first-order valence-electron chi connectivity index (χ1n) is 10.9. The van der Waals surface area contributed by atoms with Crippen molar-refractivity contribution in [2.24, 2.45) is 5.73 Å². The molecule has 6 heteroatoms. The van der Waals surface area contributed by atoms with Crippen LogP contribution in [0.1, 0.15) is 68.7 Å². The highest BCUT2D eigenvalue weighted by atomic mass is 16.6. The standard InChI is InChI=1S/C25H30N2O4/c1-15-23(28)27-20-13-17(11-12-21(20)30-15)22(26)24(29)31-25(2,3)14-18-9-6-8-16-7-4-5-10-19(16)18/h4-5,7,10-13,15,18,22H,6,8-9,14,26H2,1-3H3,(H,27,28). The molecule has 2 aromatic rings. The maximum Gasteiger partial charge on any atom is 0.328 e. The van der Waals surface area contributed by atoms with Gasteiger partial charge in [0.25, 0.3) is 5.91 Å². The second-order valence-electron chi connectivity index (χ2n) is 9.16. The van der Waals surface area contributed by atoms with Gasteiger partial charge in [0.15, 0.2) is 6.10 Å². The Morgan fingerprint density at radius 1 is 1.29 bits per heavy atom. The number of amides is 1. The topological polar surface area (TPSA) is 90.7 Å². The van der Waals surface area contributed by atoms with E-state index in [2.05, 4.69) is 29.6 Å². The van der Waals surface area contributed by atoms with Gasteiger partial charge in [-0.05, 0) is 81.2 Å². The second-order valence-corrected chi connectivity index (χ2v) is 9.16. The number of nitrogens with two attached hydrogens (primary N) is 1. The molecule has 1 aliphatic carbocycles. The van der Waals surface area contributed by atoms with Crippen LogP contribution in [0.3, 0.4) is 0 Å². The summed E-state index contributed by atoms with van der Waals surface area (Å²) in [5.41, 5.74) is 9.42. The molecule has 0 saturated carbocycles. The van der Waals surface area contributed by atoms with Crippen molar-refractivity contribution < 1.29 is 19.1 Å². The van der Waals surface area contributed by atoms with Crippen molar-refractivity contribution in [1.82, 2.24) is 0 Å². The van der Waals surface area contributed by atoms with Gasteiger partial charge in [-0.15, -0.1) is 0 Å². The van der Waals surface area contributed by atoms with Crippen LogP contribution in [0, 0.1) is 0 Å². The van der Waals surface area contributed by atoms with Crippen LogP contribution < -0.4 is 15.8 Å². The minimum atomic E-state index is -0.945. The Balaban J connectivity index is 1.44. The zero-order valence-electron chi connectivity index (χ0n) is 18.3.